The van der Waals surface area contributed by atoms with Crippen molar-refractivity contribution < 1.29 is 14.3 Å². The number of halogens is 1. The number of hydrogen-bond acceptors (Lipinski definition) is 3. The minimum Gasteiger partial charge on any atom is -0.484 e. The lowest BCUT2D eigenvalue weighted by Gasteiger charge is -2.12. The van der Waals surface area contributed by atoms with Gasteiger partial charge in [0.05, 0.1) is 0 Å². The molecule has 1 aromatic rings. The molecule has 5 nitrogen and oxygen atoms in total. The standard InChI is InChI=1S/C17H21ClN2O3/c1-12(20-16(22)17(2)8-9-17)7-10-19-15(21)11-23-14-5-3-13(18)4-6-14/h3-6H,1,7-11H2,2H3,(H,19,21)(H,20,22). The van der Waals surface area contributed by atoms with Crippen molar-refractivity contribution in [3.8, 4) is 5.75 Å². The van der Waals surface area contributed by atoms with Gasteiger partial charge in [0.2, 0.25) is 5.91 Å². The fraction of sp³-hybridized carbons (Fsp3) is 0.412. The fourth-order valence-corrected chi connectivity index (χ4v) is 2.00. The first-order valence-corrected chi connectivity index (χ1v) is 7.91. The summed E-state index contributed by atoms with van der Waals surface area (Å²) in [4.78, 5) is 23.5. The number of nitrogens with one attached hydrogen (secondary N) is 2. The lowest BCUT2D eigenvalue weighted by molar-refractivity contribution is -0.125. The van der Waals surface area contributed by atoms with Gasteiger partial charge in [0, 0.05) is 29.1 Å². The lowest BCUT2D eigenvalue weighted by atomic mass is 10.1. The average Bonchev–Trinajstić information content (AvgIpc) is 3.26. The van der Waals surface area contributed by atoms with E-state index in [1.54, 1.807) is 24.3 Å². The van der Waals surface area contributed by atoms with Gasteiger partial charge in [-0.05, 0) is 37.1 Å². The highest BCUT2D eigenvalue weighted by Gasteiger charge is 2.44. The molecule has 0 bridgehead atoms. The van der Waals surface area contributed by atoms with Crippen LogP contribution in [0.3, 0.4) is 0 Å². The lowest BCUT2D eigenvalue weighted by Crippen LogP contribution is -2.33. The first-order chi connectivity index (χ1) is 10.9. The monoisotopic (exact) mass is 336 g/mol. The van der Waals surface area contributed by atoms with E-state index in [0.717, 1.165) is 12.8 Å². The molecule has 1 aromatic carbocycles. The molecule has 1 aliphatic carbocycles. The van der Waals surface area contributed by atoms with E-state index in [2.05, 4.69) is 17.2 Å². The molecular formula is C17H21ClN2O3. The molecule has 1 fully saturated rings. The molecule has 1 aliphatic rings. The van der Waals surface area contributed by atoms with Crippen LogP contribution in [0, 0.1) is 5.41 Å². The van der Waals surface area contributed by atoms with Crippen molar-refractivity contribution >= 4 is 23.4 Å². The molecule has 23 heavy (non-hydrogen) atoms. The number of rotatable bonds is 8. The van der Waals surface area contributed by atoms with Gasteiger partial charge in [-0.3, -0.25) is 9.59 Å². The van der Waals surface area contributed by atoms with Gasteiger partial charge < -0.3 is 15.4 Å². The van der Waals surface area contributed by atoms with Gasteiger partial charge in [-0.25, -0.2) is 0 Å². The molecule has 0 atom stereocenters. The maximum atomic E-state index is 11.8. The average molecular weight is 337 g/mol. The van der Waals surface area contributed by atoms with Crippen LogP contribution in [0.25, 0.3) is 0 Å². The first-order valence-electron chi connectivity index (χ1n) is 7.53. The van der Waals surface area contributed by atoms with E-state index in [9.17, 15) is 9.59 Å². The summed E-state index contributed by atoms with van der Waals surface area (Å²) in [5, 5.41) is 6.12. The van der Waals surface area contributed by atoms with Crippen molar-refractivity contribution in [2.45, 2.75) is 26.2 Å². The van der Waals surface area contributed by atoms with Crippen LogP contribution in [0.1, 0.15) is 26.2 Å². The Hall–Kier alpha value is -2.01. The molecule has 0 heterocycles. The van der Waals surface area contributed by atoms with Crippen LogP contribution in [-0.4, -0.2) is 25.0 Å². The normalized spacial score (nSPS) is 14.7. The predicted octanol–water partition coefficient (Wildman–Crippen LogP) is 2.66. The van der Waals surface area contributed by atoms with Gasteiger partial charge in [-0.2, -0.15) is 0 Å². The number of amides is 2. The van der Waals surface area contributed by atoms with E-state index in [4.69, 9.17) is 16.3 Å². The predicted molar refractivity (Wildman–Crippen MR) is 89.2 cm³/mol. The Morgan fingerprint density at radius 1 is 1.30 bits per heavy atom. The SMILES string of the molecule is C=C(CCNC(=O)COc1ccc(Cl)cc1)NC(=O)C1(C)CC1. The minimum atomic E-state index is -0.228. The second kappa shape index (κ2) is 7.51. The highest BCUT2D eigenvalue weighted by atomic mass is 35.5. The van der Waals surface area contributed by atoms with Crippen LogP contribution in [0.5, 0.6) is 5.75 Å². The smallest absolute Gasteiger partial charge is 0.257 e. The van der Waals surface area contributed by atoms with Gasteiger partial charge >= 0.3 is 0 Å². The summed E-state index contributed by atoms with van der Waals surface area (Å²) in [6.45, 7) is 6.07. The molecule has 6 heteroatoms. The third kappa shape index (κ3) is 5.60. The van der Waals surface area contributed by atoms with Gasteiger partial charge in [-0.15, -0.1) is 0 Å². The maximum absolute atomic E-state index is 11.8. The fourth-order valence-electron chi connectivity index (χ4n) is 1.87. The molecule has 0 saturated heterocycles. The second-order valence-corrected chi connectivity index (χ2v) is 6.40. The van der Waals surface area contributed by atoms with Crippen molar-refractivity contribution in [1.29, 1.82) is 0 Å². The summed E-state index contributed by atoms with van der Waals surface area (Å²) in [7, 11) is 0. The zero-order chi connectivity index (χ0) is 16.9. The van der Waals surface area contributed by atoms with Crippen LogP contribution in [-0.2, 0) is 9.59 Å². The van der Waals surface area contributed by atoms with Gasteiger partial charge in [0.15, 0.2) is 6.61 Å². The highest BCUT2D eigenvalue weighted by Crippen LogP contribution is 2.45. The Morgan fingerprint density at radius 3 is 2.57 bits per heavy atom. The Balaban J connectivity index is 1.60. The second-order valence-electron chi connectivity index (χ2n) is 5.96. The minimum absolute atomic E-state index is 0.0138. The zero-order valence-corrected chi connectivity index (χ0v) is 13.9. The summed E-state index contributed by atoms with van der Waals surface area (Å²) in [6, 6.07) is 6.79. The molecule has 0 aromatic heterocycles. The molecule has 2 amide bonds. The first kappa shape index (κ1) is 17.3. The largest absolute Gasteiger partial charge is 0.484 e. The summed E-state index contributed by atoms with van der Waals surface area (Å²) in [5.41, 5.74) is 0.389. The van der Waals surface area contributed by atoms with Crippen LogP contribution < -0.4 is 15.4 Å². The third-order valence-electron chi connectivity index (χ3n) is 3.77. The van der Waals surface area contributed by atoms with Crippen LogP contribution in [0.2, 0.25) is 5.02 Å². The van der Waals surface area contributed by atoms with E-state index in [1.807, 2.05) is 6.92 Å². The van der Waals surface area contributed by atoms with Crippen molar-refractivity contribution in [3.05, 3.63) is 41.6 Å². The maximum Gasteiger partial charge on any atom is 0.257 e. The van der Waals surface area contributed by atoms with Crippen molar-refractivity contribution in [2.24, 2.45) is 5.41 Å². The molecule has 0 radical (unpaired) electrons. The summed E-state index contributed by atoms with van der Waals surface area (Å²) in [6.07, 6.45) is 2.34. The third-order valence-corrected chi connectivity index (χ3v) is 4.02. The molecule has 2 rings (SSSR count). The van der Waals surface area contributed by atoms with Gasteiger partial charge in [-0.1, -0.05) is 25.1 Å². The van der Waals surface area contributed by atoms with Crippen molar-refractivity contribution in [1.82, 2.24) is 10.6 Å². The quantitative estimate of drug-likeness (QED) is 0.767. The number of carbonyl (C=O) groups excluding carboxylic acids is 2. The molecule has 2 N–H and O–H groups in total. The van der Waals surface area contributed by atoms with E-state index >= 15 is 0 Å². The molecule has 0 spiro atoms. The Bertz CT molecular complexity index is 594. The number of benzene rings is 1. The molecular weight excluding hydrogens is 316 g/mol. The molecule has 124 valence electrons. The van der Waals surface area contributed by atoms with E-state index in [1.165, 1.54) is 0 Å². The van der Waals surface area contributed by atoms with Crippen LogP contribution >= 0.6 is 11.6 Å². The van der Waals surface area contributed by atoms with Crippen molar-refractivity contribution in [3.63, 3.8) is 0 Å². The zero-order valence-electron chi connectivity index (χ0n) is 13.2. The topological polar surface area (TPSA) is 67.4 Å². The number of ether oxygens (including phenoxy) is 1. The Labute approximate surface area is 141 Å². The Kier molecular flexibility index (Phi) is 5.66. The van der Waals surface area contributed by atoms with Crippen LogP contribution in [0.4, 0.5) is 0 Å². The van der Waals surface area contributed by atoms with E-state index in [-0.39, 0.29) is 23.8 Å². The summed E-state index contributed by atoms with van der Waals surface area (Å²) >= 11 is 5.77. The molecule has 0 aliphatic heterocycles. The Morgan fingerprint density at radius 2 is 1.96 bits per heavy atom. The molecule has 0 unspecified atom stereocenters. The summed E-state index contributed by atoms with van der Waals surface area (Å²) in [5.74, 6) is 0.368. The number of carbonyl (C=O) groups is 2. The molecule has 1 saturated carbocycles. The van der Waals surface area contributed by atoms with Gasteiger partial charge in [0.1, 0.15) is 5.75 Å². The van der Waals surface area contributed by atoms with E-state index in [0.29, 0.717) is 29.4 Å². The van der Waals surface area contributed by atoms with Crippen LogP contribution in [0.15, 0.2) is 36.5 Å². The van der Waals surface area contributed by atoms with Gasteiger partial charge in [0.25, 0.3) is 5.91 Å². The van der Waals surface area contributed by atoms with Crippen molar-refractivity contribution in [2.75, 3.05) is 13.2 Å². The summed E-state index contributed by atoms with van der Waals surface area (Å²) < 4.78 is 5.33. The highest BCUT2D eigenvalue weighted by molar-refractivity contribution is 6.30. The number of hydrogen-bond donors (Lipinski definition) is 2. The van der Waals surface area contributed by atoms with E-state index < -0.39 is 0 Å².